The Morgan fingerprint density at radius 1 is 1.23 bits per heavy atom. The summed E-state index contributed by atoms with van der Waals surface area (Å²) in [5, 5.41) is 13.1. The molecule has 0 radical (unpaired) electrons. The first-order valence-electron chi connectivity index (χ1n) is 7.90. The van der Waals surface area contributed by atoms with Crippen molar-refractivity contribution in [3.8, 4) is 0 Å². The Kier molecular flexibility index (Phi) is 4.59. The first kappa shape index (κ1) is 14.9. The van der Waals surface area contributed by atoms with Crippen LogP contribution in [-0.4, -0.2) is 29.3 Å². The van der Waals surface area contributed by atoms with E-state index in [9.17, 15) is 5.11 Å². The van der Waals surface area contributed by atoms with Gasteiger partial charge in [-0.2, -0.15) is 0 Å². The highest BCUT2D eigenvalue weighted by Gasteiger charge is 2.17. The standard InChI is InChI=1S/C18H23N3O/c1-14-15(4-3-9-19-14)13-20-16-5-2-6-17(12-16)21-10-7-18(22)8-11-21/h2-6,9,12,18,20,22H,7-8,10-11,13H2,1H3. The van der Waals surface area contributed by atoms with Crippen molar-refractivity contribution in [1.82, 2.24) is 4.98 Å². The van der Waals surface area contributed by atoms with Gasteiger partial charge < -0.3 is 15.3 Å². The first-order chi connectivity index (χ1) is 10.7. The summed E-state index contributed by atoms with van der Waals surface area (Å²) in [6.07, 6.45) is 3.40. The lowest BCUT2D eigenvalue weighted by Gasteiger charge is -2.31. The zero-order valence-electron chi connectivity index (χ0n) is 13.0. The molecule has 4 heteroatoms. The van der Waals surface area contributed by atoms with Crippen molar-refractivity contribution in [2.75, 3.05) is 23.3 Å². The van der Waals surface area contributed by atoms with E-state index < -0.39 is 0 Å². The van der Waals surface area contributed by atoms with Gasteiger partial charge in [-0.25, -0.2) is 0 Å². The molecule has 0 aliphatic carbocycles. The largest absolute Gasteiger partial charge is 0.393 e. The zero-order chi connectivity index (χ0) is 15.4. The van der Waals surface area contributed by atoms with Crippen LogP contribution in [0.4, 0.5) is 11.4 Å². The van der Waals surface area contributed by atoms with E-state index in [0.29, 0.717) is 0 Å². The van der Waals surface area contributed by atoms with Crippen LogP contribution in [0.5, 0.6) is 0 Å². The molecule has 1 aliphatic rings. The van der Waals surface area contributed by atoms with Gasteiger partial charge in [0.15, 0.2) is 0 Å². The maximum atomic E-state index is 9.62. The maximum Gasteiger partial charge on any atom is 0.0574 e. The van der Waals surface area contributed by atoms with Crippen LogP contribution >= 0.6 is 0 Å². The monoisotopic (exact) mass is 297 g/mol. The molecule has 0 unspecified atom stereocenters. The van der Waals surface area contributed by atoms with Crippen molar-refractivity contribution in [1.29, 1.82) is 0 Å². The molecule has 1 aromatic carbocycles. The Labute approximate surface area is 131 Å². The third-order valence-corrected chi connectivity index (χ3v) is 4.28. The summed E-state index contributed by atoms with van der Waals surface area (Å²) in [4.78, 5) is 6.66. The topological polar surface area (TPSA) is 48.4 Å². The highest BCUT2D eigenvalue weighted by Crippen LogP contribution is 2.23. The molecule has 0 amide bonds. The van der Waals surface area contributed by atoms with E-state index in [-0.39, 0.29) is 6.10 Å². The smallest absolute Gasteiger partial charge is 0.0574 e. The molecule has 1 fully saturated rings. The average molecular weight is 297 g/mol. The van der Waals surface area contributed by atoms with Crippen molar-refractivity contribution >= 4 is 11.4 Å². The van der Waals surface area contributed by atoms with E-state index >= 15 is 0 Å². The number of nitrogens with one attached hydrogen (secondary N) is 1. The second-order valence-electron chi connectivity index (χ2n) is 5.87. The number of aliphatic hydroxyl groups excluding tert-OH is 1. The fourth-order valence-electron chi connectivity index (χ4n) is 2.84. The number of hydrogen-bond acceptors (Lipinski definition) is 4. The number of aryl methyl sites for hydroxylation is 1. The quantitative estimate of drug-likeness (QED) is 0.911. The van der Waals surface area contributed by atoms with Gasteiger partial charge in [-0.15, -0.1) is 0 Å². The molecule has 22 heavy (non-hydrogen) atoms. The number of nitrogens with zero attached hydrogens (tertiary/aromatic N) is 2. The normalized spacial score (nSPS) is 15.8. The molecular weight excluding hydrogens is 274 g/mol. The number of pyridine rings is 1. The van der Waals surface area contributed by atoms with Gasteiger partial charge in [0.2, 0.25) is 0 Å². The van der Waals surface area contributed by atoms with Crippen LogP contribution in [-0.2, 0) is 6.54 Å². The minimum Gasteiger partial charge on any atom is -0.393 e. The number of aliphatic hydroxyl groups is 1. The van der Waals surface area contributed by atoms with Crippen LogP contribution in [0.3, 0.4) is 0 Å². The maximum absolute atomic E-state index is 9.62. The molecule has 0 atom stereocenters. The van der Waals surface area contributed by atoms with Crippen molar-refractivity contribution in [3.05, 3.63) is 53.9 Å². The minimum atomic E-state index is -0.133. The van der Waals surface area contributed by atoms with E-state index in [4.69, 9.17) is 0 Å². The predicted molar refractivity (Wildman–Crippen MR) is 90.2 cm³/mol. The van der Waals surface area contributed by atoms with E-state index in [1.807, 2.05) is 19.2 Å². The number of benzene rings is 1. The molecule has 2 N–H and O–H groups in total. The van der Waals surface area contributed by atoms with Gasteiger partial charge in [-0.1, -0.05) is 12.1 Å². The Hall–Kier alpha value is -2.07. The highest BCUT2D eigenvalue weighted by atomic mass is 16.3. The first-order valence-corrected chi connectivity index (χ1v) is 7.90. The van der Waals surface area contributed by atoms with E-state index in [1.165, 1.54) is 11.3 Å². The number of piperidine rings is 1. The summed E-state index contributed by atoms with van der Waals surface area (Å²) in [6, 6.07) is 12.6. The lowest BCUT2D eigenvalue weighted by molar-refractivity contribution is 0.145. The van der Waals surface area contributed by atoms with Gasteiger partial charge in [0.1, 0.15) is 0 Å². The van der Waals surface area contributed by atoms with Gasteiger partial charge in [-0.3, -0.25) is 4.98 Å². The Bertz CT molecular complexity index is 621. The molecule has 0 spiro atoms. The molecule has 4 nitrogen and oxygen atoms in total. The van der Waals surface area contributed by atoms with Crippen LogP contribution in [0.2, 0.25) is 0 Å². The van der Waals surface area contributed by atoms with Gasteiger partial charge in [0.05, 0.1) is 6.10 Å². The van der Waals surface area contributed by atoms with Gasteiger partial charge in [0, 0.05) is 42.9 Å². The molecule has 1 aliphatic heterocycles. The number of aromatic nitrogens is 1. The lowest BCUT2D eigenvalue weighted by atomic mass is 10.1. The number of hydrogen-bond donors (Lipinski definition) is 2. The minimum absolute atomic E-state index is 0.133. The summed E-state index contributed by atoms with van der Waals surface area (Å²) in [5.74, 6) is 0. The van der Waals surface area contributed by atoms with E-state index in [0.717, 1.165) is 43.9 Å². The Morgan fingerprint density at radius 2 is 2.05 bits per heavy atom. The summed E-state index contributed by atoms with van der Waals surface area (Å²) >= 11 is 0. The molecule has 2 heterocycles. The Morgan fingerprint density at radius 3 is 2.82 bits per heavy atom. The van der Waals surface area contributed by atoms with Gasteiger partial charge in [-0.05, 0) is 49.6 Å². The Balaban J connectivity index is 1.65. The number of anilines is 2. The van der Waals surface area contributed by atoms with Crippen LogP contribution in [0.1, 0.15) is 24.1 Å². The van der Waals surface area contributed by atoms with Gasteiger partial charge >= 0.3 is 0 Å². The lowest BCUT2D eigenvalue weighted by Crippen LogP contribution is -2.35. The molecule has 0 bridgehead atoms. The predicted octanol–water partition coefficient (Wildman–Crippen LogP) is 2.96. The van der Waals surface area contributed by atoms with Crippen molar-refractivity contribution in [2.24, 2.45) is 0 Å². The molecule has 116 valence electrons. The summed E-state index contributed by atoms with van der Waals surface area (Å²) in [5.41, 5.74) is 4.62. The number of rotatable bonds is 4. The summed E-state index contributed by atoms with van der Waals surface area (Å²) in [6.45, 7) is 4.66. The average Bonchev–Trinajstić information content (AvgIpc) is 2.55. The second kappa shape index (κ2) is 6.79. The van der Waals surface area contributed by atoms with Crippen LogP contribution in [0.25, 0.3) is 0 Å². The third kappa shape index (κ3) is 3.57. The fraction of sp³-hybridized carbons (Fsp3) is 0.389. The molecule has 3 rings (SSSR count). The highest BCUT2D eigenvalue weighted by molar-refractivity contribution is 5.58. The molecule has 0 saturated carbocycles. The fourth-order valence-corrected chi connectivity index (χ4v) is 2.84. The van der Waals surface area contributed by atoms with Crippen LogP contribution in [0, 0.1) is 6.92 Å². The van der Waals surface area contributed by atoms with E-state index in [1.54, 1.807) is 0 Å². The zero-order valence-corrected chi connectivity index (χ0v) is 13.0. The summed E-state index contributed by atoms with van der Waals surface area (Å²) < 4.78 is 0. The molecule has 1 aromatic heterocycles. The van der Waals surface area contributed by atoms with Gasteiger partial charge in [0.25, 0.3) is 0 Å². The van der Waals surface area contributed by atoms with Crippen LogP contribution < -0.4 is 10.2 Å². The molecule has 2 aromatic rings. The SMILES string of the molecule is Cc1ncccc1CNc1cccc(N2CCC(O)CC2)c1. The molecule has 1 saturated heterocycles. The van der Waals surface area contributed by atoms with Crippen molar-refractivity contribution in [2.45, 2.75) is 32.4 Å². The molecular formula is C18H23N3O. The second-order valence-corrected chi connectivity index (χ2v) is 5.87. The summed E-state index contributed by atoms with van der Waals surface area (Å²) in [7, 11) is 0. The van der Waals surface area contributed by atoms with Crippen LogP contribution in [0.15, 0.2) is 42.6 Å². The third-order valence-electron chi connectivity index (χ3n) is 4.28. The van der Waals surface area contributed by atoms with Crippen molar-refractivity contribution < 1.29 is 5.11 Å². The van der Waals surface area contributed by atoms with E-state index in [2.05, 4.69) is 45.5 Å². The van der Waals surface area contributed by atoms with Crippen molar-refractivity contribution in [3.63, 3.8) is 0 Å².